The fourth-order valence-corrected chi connectivity index (χ4v) is 6.22. The Hall–Kier alpha value is -6.39. The van der Waals surface area contributed by atoms with Crippen molar-refractivity contribution in [2.24, 2.45) is 0 Å². The maximum Gasteiger partial charge on any atom is 0.145 e. The number of hydrogen-bond acceptors (Lipinski definition) is 3. The SMILES string of the molecule is Cc1ccc(N(c2ccc(C)cc2)c2ccc(Oc3ccc(-c4ccc(-c5nc6ccccc6n5-c5ccccc5)cc4)cc3)cc2)cc1. The van der Waals surface area contributed by atoms with E-state index in [1.807, 2.05) is 36.4 Å². The van der Waals surface area contributed by atoms with E-state index in [1.54, 1.807) is 0 Å². The number of imidazole rings is 1. The number of aromatic nitrogens is 2. The first-order valence-electron chi connectivity index (χ1n) is 16.5. The predicted molar refractivity (Wildman–Crippen MR) is 203 cm³/mol. The fourth-order valence-electron chi connectivity index (χ4n) is 6.22. The van der Waals surface area contributed by atoms with E-state index in [-0.39, 0.29) is 0 Å². The molecule has 0 saturated carbocycles. The van der Waals surface area contributed by atoms with Crippen LogP contribution in [0, 0.1) is 13.8 Å². The highest BCUT2D eigenvalue weighted by Gasteiger charge is 2.15. The Morgan fingerprint density at radius 3 is 1.47 bits per heavy atom. The molecule has 0 aliphatic rings. The molecule has 7 aromatic carbocycles. The van der Waals surface area contributed by atoms with Gasteiger partial charge in [0.2, 0.25) is 0 Å². The molecule has 0 atom stereocenters. The van der Waals surface area contributed by atoms with Gasteiger partial charge in [0.1, 0.15) is 17.3 Å². The average Bonchev–Trinajstić information content (AvgIpc) is 3.55. The Bertz CT molecular complexity index is 2280. The van der Waals surface area contributed by atoms with Crippen molar-refractivity contribution in [3.05, 3.63) is 187 Å². The van der Waals surface area contributed by atoms with E-state index in [9.17, 15) is 0 Å². The minimum absolute atomic E-state index is 0.787. The number of para-hydroxylation sites is 3. The van der Waals surface area contributed by atoms with Gasteiger partial charge in [-0.3, -0.25) is 4.57 Å². The van der Waals surface area contributed by atoms with Crippen molar-refractivity contribution >= 4 is 28.1 Å². The number of hydrogen-bond donors (Lipinski definition) is 0. The van der Waals surface area contributed by atoms with Gasteiger partial charge in [0.25, 0.3) is 0 Å². The van der Waals surface area contributed by atoms with Gasteiger partial charge in [-0.1, -0.05) is 102 Å². The molecule has 0 radical (unpaired) electrons. The van der Waals surface area contributed by atoms with Gasteiger partial charge in [-0.05, 0) is 110 Å². The highest BCUT2D eigenvalue weighted by Crippen LogP contribution is 2.37. The molecule has 0 fully saturated rings. The van der Waals surface area contributed by atoms with Gasteiger partial charge in [-0.25, -0.2) is 4.98 Å². The smallest absolute Gasteiger partial charge is 0.145 e. The third-order valence-corrected chi connectivity index (χ3v) is 8.82. The van der Waals surface area contributed by atoms with Gasteiger partial charge in [0.15, 0.2) is 0 Å². The minimum atomic E-state index is 0.787. The van der Waals surface area contributed by atoms with Crippen molar-refractivity contribution in [1.82, 2.24) is 9.55 Å². The summed E-state index contributed by atoms with van der Waals surface area (Å²) in [7, 11) is 0. The summed E-state index contributed by atoms with van der Waals surface area (Å²) in [5.74, 6) is 2.50. The van der Waals surface area contributed by atoms with Crippen LogP contribution in [0.2, 0.25) is 0 Å². The summed E-state index contributed by atoms with van der Waals surface area (Å²) in [6.45, 7) is 4.22. The van der Waals surface area contributed by atoms with Crippen LogP contribution in [0.1, 0.15) is 11.1 Å². The van der Waals surface area contributed by atoms with Gasteiger partial charge in [0.05, 0.1) is 11.0 Å². The molecule has 8 aromatic rings. The second-order valence-corrected chi connectivity index (χ2v) is 12.3. The van der Waals surface area contributed by atoms with Gasteiger partial charge >= 0.3 is 0 Å². The third-order valence-electron chi connectivity index (χ3n) is 8.82. The number of nitrogens with zero attached hydrogens (tertiary/aromatic N) is 3. The topological polar surface area (TPSA) is 30.3 Å². The molecular weight excluding hydrogens is 599 g/mol. The minimum Gasteiger partial charge on any atom is -0.457 e. The monoisotopic (exact) mass is 633 g/mol. The summed E-state index contributed by atoms with van der Waals surface area (Å²) in [5, 5.41) is 0. The predicted octanol–water partition coefficient (Wildman–Crippen LogP) is 12.2. The zero-order valence-corrected chi connectivity index (χ0v) is 27.5. The molecule has 0 aliphatic heterocycles. The lowest BCUT2D eigenvalue weighted by molar-refractivity contribution is 0.483. The van der Waals surface area contributed by atoms with Crippen molar-refractivity contribution in [1.29, 1.82) is 0 Å². The van der Waals surface area contributed by atoms with Crippen molar-refractivity contribution in [3.8, 4) is 39.7 Å². The quantitative estimate of drug-likeness (QED) is 0.167. The van der Waals surface area contributed by atoms with Crippen LogP contribution < -0.4 is 9.64 Å². The van der Waals surface area contributed by atoms with Crippen LogP contribution >= 0.6 is 0 Å². The van der Waals surface area contributed by atoms with Crippen molar-refractivity contribution in [2.75, 3.05) is 4.90 Å². The standard InChI is InChI=1S/C45H35N3O/c1-32-12-22-38(23-13-32)47(39-24-14-33(2)15-25-39)40-26-30-42(31-27-40)49-41-28-20-35(21-29-41)34-16-18-36(19-17-34)45-46-43-10-6-7-11-44(43)48(45)37-8-4-3-5-9-37/h3-31H,1-2H3. The number of anilines is 3. The molecule has 0 spiro atoms. The van der Waals surface area contributed by atoms with Crippen LogP contribution in [0.3, 0.4) is 0 Å². The van der Waals surface area contributed by atoms with Crippen molar-refractivity contribution in [2.45, 2.75) is 13.8 Å². The Kier molecular flexibility index (Phi) is 7.96. The maximum atomic E-state index is 6.28. The van der Waals surface area contributed by atoms with Crippen LogP contribution in [-0.2, 0) is 0 Å². The van der Waals surface area contributed by atoms with E-state index < -0.39 is 0 Å². The molecule has 1 aromatic heterocycles. The summed E-state index contributed by atoms with van der Waals surface area (Å²) in [6, 6.07) is 61.1. The summed E-state index contributed by atoms with van der Waals surface area (Å²) in [6.07, 6.45) is 0. The number of benzene rings is 7. The van der Waals surface area contributed by atoms with Crippen LogP contribution in [0.4, 0.5) is 17.1 Å². The zero-order valence-electron chi connectivity index (χ0n) is 27.5. The summed E-state index contributed by atoms with van der Waals surface area (Å²) in [4.78, 5) is 7.27. The molecule has 4 heteroatoms. The van der Waals surface area contributed by atoms with Crippen LogP contribution in [-0.4, -0.2) is 9.55 Å². The van der Waals surface area contributed by atoms with Gasteiger partial charge in [-0.2, -0.15) is 0 Å². The van der Waals surface area contributed by atoms with Gasteiger partial charge in [0, 0.05) is 28.3 Å². The Morgan fingerprint density at radius 1 is 0.449 bits per heavy atom. The molecule has 49 heavy (non-hydrogen) atoms. The second-order valence-electron chi connectivity index (χ2n) is 12.3. The largest absolute Gasteiger partial charge is 0.457 e. The molecule has 4 nitrogen and oxygen atoms in total. The summed E-state index contributed by atoms with van der Waals surface area (Å²) >= 11 is 0. The van der Waals surface area contributed by atoms with E-state index in [2.05, 4.69) is 163 Å². The maximum absolute atomic E-state index is 6.28. The Balaban J connectivity index is 1.01. The lowest BCUT2D eigenvalue weighted by atomic mass is 10.0. The first-order chi connectivity index (χ1) is 24.1. The van der Waals surface area contributed by atoms with Gasteiger partial charge in [-0.15, -0.1) is 0 Å². The average molecular weight is 634 g/mol. The van der Waals surface area contributed by atoms with E-state index in [1.165, 1.54) is 11.1 Å². The normalized spacial score (nSPS) is 11.1. The number of aryl methyl sites for hydroxylation is 2. The first-order valence-corrected chi connectivity index (χ1v) is 16.5. The van der Waals surface area contributed by atoms with E-state index in [0.29, 0.717) is 0 Å². The molecule has 0 N–H and O–H groups in total. The highest BCUT2D eigenvalue weighted by molar-refractivity contribution is 5.84. The lowest BCUT2D eigenvalue weighted by Crippen LogP contribution is -2.09. The van der Waals surface area contributed by atoms with Crippen LogP contribution in [0.25, 0.3) is 39.2 Å². The Labute approximate surface area is 287 Å². The molecular formula is C45H35N3O. The van der Waals surface area contributed by atoms with Gasteiger partial charge < -0.3 is 9.64 Å². The molecule has 0 bridgehead atoms. The molecule has 236 valence electrons. The second kappa shape index (κ2) is 13.0. The third kappa shape index (κ3) is 6.20. The molecule has 0 saturated heterocycles. The Morgan fingerprint density at radius 2 is 0.898 bits per heavy atom. The number of rotatable bonds is 8. The number of fused-ring (bicyclic) bond motifs is 1. The summed E-state index contributed by atoms with van der Waals surface area (Å²) < 4.78 is 8.51. The van der Waals surface area contributed by atoms with E-state index >= 15 is 0 Å². The summed E-state index contributed by atoms with van der Waals surface area (Å²) in [5.41, 5.74) is 12.2. The molecule has 0 amide bonds. The van der Waals surface area contributed by atoms with Crippen molar-refractivity contribution < 1.29 is 4.74 Å². The zero-order chi connectivity index (χ0) is 33.2. The fraction of sp³-hybridized carbons (Fsp3) is 0.0444. The molecule has 0 unspecified atom stereocenters. The first kappa shape index (κ1) is 30.0. The van der Waals surface area contributed by atoms with Crippen molar-refractivity contribution in [3.63, 3.8) is 0 Å². The van der Waals surface area contributed by atoms with Crippen LogP contribution in [0.15, 0.2) is 176 Å². The molecule has 8 rings (SSSR count). The molecule has 0 aliphatic carbocycles. The highest BCUT2D eigenvalue weighted by atomic mass is 16.5. The lowest BCUT2D eigenvalue weighted by Gasteiger charge is -2.26. The van der Waals surface area contributed by atoms with E-state index in [4.69, 9.17) is 9.72 Å². The van der Waals surface area contributed by atoms with E-state index in [0.717, 1.165) is 67.8 Å². The molecule has 1 heterocycles. The van der Waals surface area contributed by atoms with Crippen LogP contribution in [0.5, 0.6) is 11.5 Å². The number of ether oxygens (including phenoxy) is 1.